The lowest BCUT2D eigenvalue weighted by molar-refractivity contribution is -0.137. The third kappa shape index (κ3) is 2.20. The molecule has 92 valence electrons. The van der Waals surface area contributed by atoms with Crippen LogP contribution in [0.1, 0.15) is 22.6 Å². The molecule has 0 aliphatic rings. The van der Waals surface area contributed by atoms with Crippen molar-refractivity contribution in [3.05, 3.63) is 65.2 Å². The minimum atomic E-state index is -0.967. The van der Waals surface area contributed by atoms with Crippen molar-refractivity contribution in [1.29, 1.82) is 0 Å². The van der Waals surface area contributed by atoms with Gasteiger partial charge in [0, 0.05) is 5.56 Å². The van der Waals surface area contributed by atoms with Crippen molar-refractivity contribution in [2.45, 2.75) is 12.8 Å². The fourth-order valence-corrected chi connectivity index (χ4v) is 2.12. The molecule has 2 aromatic carbocycles. The maximum atomic E-state index is 11.5. The van der Waals surface area contributed by atoms with E-state index in [4.69, 9.17) is 0 Å². The molecule has 3 nitrogen and oxygen atoms in total. The first-order chi connectivity index (χ1) is 8.61. The molecule has 0 heterocycles. The molecule has 1 unspecified atom stereocenters. The van der Waals surface area contributed by atoms with Crippen LogP contribution in [0.25, 0.3) is 0 Å². The number of hydrogen-bond donors (Lipinski definition) is 2. The van der Waals surface area contributed by atoms with Crippen LogP contribution < -0.4 is 0 Å². The van der Waals surface area contributed by atoms with Crippen LogP contribution in [0.3, 0.4) is 0 Å². The summed E-state index contributed by atoms with van der Waals surface area (Å²) >= 11 is 0. The second-order valence-electron chi connectivity index (χ2n) is 4.19. The molecule has 0 aliphatic carbocycles. The Morgan fingerprint density at radius 2 is 1.72 bits per heavy atom. The molecule has 0 bridgehead atoms. The molecule has 2 rings (SSSR count). The topological polar surface area (TPSA) is 57.5 Å². The van der Waals surface area contributed by atoms with Gasteiger partial charge in [-0.2, -0.15) is 0 Å². The zero-order chi connectivity index (χ0) is 13.1. The lowest BCUT2D eigenvalue weighted by Gasteiger charge is -2.17. The van der Waals surface area contributed by atoms with Crippen LogP contribution in [0.15, 0.2) is 48.5 Å². The van der Waals surface area contributed by atoms with Gasteiger partial charge in [0.1, 0.15) is 11.7 Å². The van der Waals surface area contributed by atoms with E-state index >= 15 is 0 Å². The number of phenolic OH excluding ortho intramolecular Hbond substituents is 1. The van der Waals surface area contributed by atoms with Crippen LogP contribution in [-0.2, 0) is 4.79 Å². The van der Waals surface area contributed by atoms with Gasteiger partial charge in [0.25, 0.3) is 0 Å². The van der Waals surface area contributed by atoms with E-state index in [-0.39, 0.29) is 5.75 Å². The predicted molar refractivity (Wildman–Crippen MR) is 68.8 cm³/mol. The number of aliphatic carboxylic acids is 1. The van der Waals surface area contributed by atoms with Crippen molar-refractivity contribution in [1.82, 2.24) is 0 Å². The zero-order valence-corrected chi connectivity index (χ0v) is 10.00. The smallest absolute Gasteiger partial charge is 0.315 e. The summed E-state index contributed by atoms with van der Waals surface area (Å²) in [5.74, 6) is -1.79. The highest BCUT2D eigenvalue weighted by Crippen LogP contribution is 2.33. The van der Waals surface area contributed by atoms with Gasteiger partial charge in [-0.15, -0.1) is 0 Å². The summed E-state index contributed by atoms with van der Waals surface area (Å²) in [5.41, 5.74) is 1.89. The molecule has 3 heteroatoms. The number of carboxylic acid groups (broad SMARTS) is 1. The first-order valence-corrected chi connectivity index (χ1v) is 5.67. The van der Waals surface area contributed by atoms with Gasteiger partial charge >= 0.3 is 5.97 Å². The van der Waals surface area contributed by atoms with Crippen LogP contribution in [0.4, 0.5) is 0 Å². The van der Waals surface area contributed by atoms with Gasteiger partial charge in [-0.05, 0) is 24.1 Å². The van der Waals surface area contributed by atoms with Crippen molar-refractivity contribution >= 4 is 5.97 Å². The number of aryl methyl sites for hydroxylation is 1. The van der Waals surface area contributed by atoms with Gasteiger partial charge in [-0.25, -0.2) is 0 Å². The largest absolute Gasteiger partial charge is 0.508 e. The lowest BCUT2D eigenvalue weighted by atomic mass is 9.88. The normalized spacial score (nSPS) is 12.1. The lowest BCUT2D eigenvalue weighted by Crippen LogP contribution is -2.14. The highest BCUT2D eigenvalue weighted by atomic mass is 16.4. The monoisotopic (exact) mass is 242 g/mol. The molecular formula is C15H14O3. The third-order valence-electron chi connectivity index (χ3n) is 2.97. The van der Waals surface area contributed by atoms with E-state index in [0.29, 0.717) is 11.1 Å². The molecule has 0 radical (unpaired) electrons. The van der Waals surface area contributed by atoms with Gasteiger partial charge in [0.05, 0.1) is 0 Å². The summed E-state index contributed by atoms with van der Waals surface area (Å²) in [5, 5.41) is 19.3. The Balaban J connectivity index is 2.60. The van der Waals surface area contributed by atoms with E-state index in [2.05, 4.69) is 0 Å². The van der Waals surface area contributed by atoms with Gasteiger partial charge in [-0.1, -0.05) is 42.5 Å². The second kappa shape index (κ2) is 4.92. The van der Waals surface area contributed by atoms with E-state index in [1.54, 1.807) is 43.3 Å². The van der Waals surface area contributed by atoms with E-state index in [1.165, 1.54) is 6.07 Å². The van der Waals surface area contributed by atoms with Crippen LogP contribution in [0.2, 0.25) is 0 Å². The summed E-state index contributed by atoms with van der Waals surface area (Å²) in [6.45, 7) is 1.80. The average Bonchev–Trinajstić information content (AvgIpc) is 2.34. The molecule has 0 aliphatic heterocycles. The highest BCUT2D eigenvalue weighted by Gasteiger charge is 2.26. The molecule has 18 heavy (non-hydrogen) atoms. The van der Waals surface area contributed by atoms with Crippen LogP contribution in [0.5, 0.6) is 5.75 Å². The first-order valence-electron chi connectivity index (χ1n) is 5.67. The van der Waals surface area contributed by atoms with Crippen molar-refractivity contribution < 1.29 is 15.0 Å². The van der Waals surface area contributed by atoms with E-state index in [9.17, 15) is 15.0 Å². The molecular weight excluding hydrogens is 228 g/mol. The number of benzene rings is 2. The Hall–Kier alpha value is -2.29. The molecule has 2 N–H and O–H groups in total. The standard InChI is InChI=1S/C15H14O3/c1-10-6-5-9-12(16)13(10)14(15(17)18)11-7-3-2-4-8-11/h2-9,14,16H,1H3,(H,17,18). The van der Waals surface area contributed by atoms with Crippen molar-refractivity contribution in [2.24, 2.45) is 0 Å². The quantitative estimate of drug-likeness (QED) is 0.870. The van der Waals surface area contributed by atoms with Crippen molar-refractivity contribution in [3.63, 3.8) is 0 Å². The minimum absolute atomic E-state index is 0.0197. The predicted octanol–water partition coefficient (Wildman–Crippen LogP) is 2.92. The van der Waals surface area contributed by atoms with E-state index in [1.807, 2.05) is 6.07 Å². The molecule has 2 aromatic rings. The Morgan fingerprint density at radius 1 is 1.06 bits per heavy atom. The zero-order valence-electron chi connectivity index (χ0n) is 10.00. The van der Waals surface area contributed by atoms with Crippen LogP contribution >= 0.6 is 0 Å². The number of carbonyl (C=O) groups is 1. The molecule has 0 saturated heterocycles. The van der Waals surface area contributed by atoms with Crippen LogP contribution in [0, 0.1) is 6.92 Å². The van der Waals surface area contributed by atoms with Gasteiger partial charge < -0.3 is 10.2 Å². The van der Waals surface area contributed by atoms with Crippen molar-refractivity contribution in [3.8, 4) is 5.75 Å². The number of carboxylic acids is 1. The molecule has 0 fully saturated rings. The molecule has 1 atom stereocenters. The van der Waals surface area contributed by atoms with Crippen LogP contribution in [-0.4, -0.2) is 16.2 Å². The number of rotatable bonds is 3. The molecule has 0 aromatic heterocycles. The number of hydrogen-bond acceptors (Lipinski definition) is 2. The molecule has 0 amide bonds. The van der Waals surface area contributed by atoms with E-state index < -0.39 is 11.9 Å². The Bertz CT molecular complexity index is 541. The highest BCUT2D eigenvalue weighted by molar-refractivity contribution is 5.82. The minimum Gasteiger partial charge on any atom is -0.508 e. The second-order valence-corrected chi connectivity index (χ2v) is 4.19. The fourth-order valence-electron chi connectivity index (χ4n) is 2.12. The molecule has 0 saturated carbocycles. The fraction of sp³-hybridized carbons (Fsp3) is 0.133. The van der Waals surface area contributed by atoms with Crippen molar-refractivity contribution in [2.75, 3.05) is 0 Å². The first kappa shape index (κ1) is 12.2. The maximum Gasteiger partial charge on any atom is 0.315 e. The maximum absolute atomic E-state index is 11.5. The Morgan fingerprint density at radius 3 is 2.28 bits per heavy atom. The summed E-state index contributed by atoms with van der Waals surface area (Å²) in [6, 6.07) is 13.9. The third-order valence-corrected chi connectivity index (χ3v) is 2.97. The van der Waals surface area contributed by atoms with Gasteiger partial charge in [0.2, 0.25) is 0 Å². The van der Waals surface area contributed by atoms with Gasteiger partial charge in [0.15, 0.2) is 0 Å². The SMILES string of the molecule is Cc1cccc(O)c1C(C(=O)O)c1ccccc1. The summed E-state index contributed by atoms with van der Waals surface area (Å²) in [7, 11) is 0. The summed E-state index contributed by atoms with van der Waals surface area (Å²) in [6.07, 6.45) is 0. The Kier molecular flexibility index (Phi) is 3.33. The average molecular weight is 242 g/mol. The Labute approximate surface area is 105 Å². The number of phenols is 1. The molecule has 0 spiro atoms. The number of aromatic hydroxyl groups is 1. The van der Waals surface area contributed by atoms with Gasteiger partial charge in [-0.3, -0.25) is 4.79 Å². The summed E-state index contributed by atoms with van der Waals surface area (Å²) < 4.78 is 0. The van der Waals surface area contributed by atoms with E-state index in [0.717, 1.165) is 5.56 Å². The summed E-state index contributed by atoms with van der Waals surface area (Å²) in [4.78, 5) is 11.5.